The molecule has 0 fully saturated rings. The van der Waals surface area contributed by atoms with E-state index in [1.165, 1.54) is 24.3 Å². The Morgan fingerprint density at radius 1 is 0.848 bits per heavy atom. The minimum Gasteiger partial charge on any atom is -0.485 e. The maximum absolute atomic E-state index is 12.9. The average molecular weight is 476 g/mol. The molecule has 1 heterocycles. The number of cyclic esters (lactones) is 1. The number of carbonyl (C=O) groups is 1. The van der Waals surface area contributed by atoms with Gasteiger partial charge in [-0.3, -0.25) is 0 Å². The van der Waals surface area contributed by atoms with E-state index in [1.807, 2.05) is 0 Å². The van der Waals surface area contributed by atoms with E-state index in [-0.39, 0.29) is 29.9 Å². The number of esters is 1. The van der Waals surface area contributed by atoms with Crippen molar-refractivity contribution >= 4 is 5.97 Å². The Bertz CT molecular complexity index is 1030. The molecule has 1 aliphatic heterocycles. The lowest BCUT2D eigenvalue weighted by Crippen LogP contribution is -2.15. The maximum Gasteiger partial charge on any atom is 0.416 e. The second-order valence-corrected chi connectivity index (χ2v) is 7.07. The van der Waals surface area contributed by atoms with Crippen molar-refractivity contribution in [3.8, 4) is 0 Å². The van der Waals surface area contributed by atoms with Crippen LogP contribution >= 0.6 is 0 Å². The van der Waals surface area contributed by atoms with Crippen molar-refractivity contribution in [1.29, 1.82) is 0 Å². The molecule has 0 saturated heterocycles. The van der Waals surface area contributed by atoms with Gasteiger partial charge in [-0.25, -0.2) is 4.79 Å². The molecule has 1 aliphatic rings. The Balaban J connectivity index is 1.79. The van der Waals surface area contributed by atoms with Crippen molar-refractivity contribution in [3.05, 3.63) is 82.3 Å². The number of rotatable bonds is 8. The van der Waals surface area contributed by atoms with E-state index in [4.69, 9.17) is 14.2 Å². The molecule has 2 aromatic rings. The summed E-state index contributed by atoms with van der Waals surface area (Å²) in [6, 6.07) is 8.64. The quantitative estimate of drug-likeness (QED) is 0.430. The zero-order valence-corrected chi connectivity index (χ0v) is 16.9. The number of aliphatic hydroxyl groups excluding tert-OH is 1. The van der Waals surface area contributed by atoms with Crippen LogP contribution in [0.1, 0.15) is 28.7 Å². The van der Waals surface area contributed by atoms with Gasteiger partial charge in [-0.15, -0.1) is 0 Å². The van der Waals surface area contributed by atoms with Crippen molar-refractivity contribution in [2.45, 2.75) is 38.1 Å². The van der Waals surface area contributed by atoms with Gasteiger partial charge in [-0.1, -0.05) is 24.3 Å². The fraction of sp³-hybridized carbons (Fsp3) is 0.318. The third-order valence-corrected chi connectivity index (χ3v) is 4.63. The van der Waals surface area contributed by atoms with Crippen LogP contribution < -0.4 is 0 Å². The molecule has 1 atom stereocenters. The molecule has 0 bridgehead atoms. The molecule has 0 aliphatic carbocycles. The molecule has 33 heavy (non-hydrogen) atoms. The smallest absolute Gasteiger partial charge is 0.416 e. The van der Waals surface area contributed by atoms with Crippen molar-refractivity contribution in [1.82, 2.24) is 0 Å². The molecular formula is C22H18F6O5. The van der Waals surface area contributed by atoms with Crippen LogP contribution in [0.2, 0.25) is 0 Å². The van der Waals surface area contributed by atoms with E-state index in [9.17, 15) is 36.2 Å². The molecular weight excluding hydrogens is 458 g/mol. The predicted octanol–water partition coefficient (Wildman–Crippen LogP) is 4.98. The van der Waals surface area contributed by atoms with E-state index >= 15 is 0 Å². The van der Waals surface area contributed by atoms with E-state index < -0.39 is 54.5 Å². The molecule has 178 valence electrons. The second kappa shape index (κ2) is 9.74. The van der Waals surface area contributed by atoms with Gasteiger partial charge in [0.15, 0.2) is 11.9 Å². The monoisotopic (exact) mass is 476 g/mol. The molecule has 5 nitrogen and oxygen atoms in total. The van der Waals surface area contributed by atoms with Crippen LogP contribution in [-0.4, -0.2) is 23.8 Å². The standard InChI is InChI=1S/C22H18F6O5/c23-21(24,25)15-5-1-3-13(9-15)11-31-18-17(7-8-29)33-20(30)19(18)32-12-14-4-2-6-16(10-14)22(26,27)28/h1-6,9-10,17,29H,7-8,11-12H2. The minimum absolute atomic E-state index is 0.0694. The third kappa shape index (κ3) is 6.19. The molecule has 0 radical (unpaired) electrons. The van der Waals surface area contributed by atoms with Crippen molar-refractivity contribution in [2.75, 3.05) is 6.61 Å². The molecule has 0 saturated carbocycles. The van der Waals surface area contributed by atoms with Gasteiger partial charge in [0.25, 0.3) is 0 Å². The normalized spacial score (nSPS) is 16.7. The highest BCUT2D eigenvalue weighted by atomic mass is 19.4. The fourth-order valence-corrected chi connectivity index (χ4v) is 3.07. The Morgan fingerprint density at radius 3 is 1.85 bits per heavy atom. The summed E-state index contributed by atoms with van der Waals surface area (Å²) in [7, 11) is 0. The van der Waals surface area contributed by atoms with E-state index in [1.54, 1.807) is 0 Å². The van der Waals surface area contributed by atoms with E-state index in [2.05, 4.69) is 0 Å². The zero-order chi connectivity index (χ0) is 24.2. The summed E-state index contributed by atoms with van der Waals surface area (Å²) in [6.45, 7) is -1.18. The summed E-state index contributed by atoms with van der Waals surface area (Å²) in [5, 5.41) is 9.20. The highest BCUT2D eigenvalue weighted by molar-refractivity contribution is 5.89. The third-order valence-electron chi connectivity index (χ3n) is 4.63. The summed E-state index contributed by atoms with van der Waals surface area (Å²) < 4.78 is 93.4. The number of halogens is 6. The summed E-state index contributed by atoms with van der Waals surface area (Å²) in [5.41, 5.74) is -1.51. The molecule has 0 amide bonds. The summed E-state index contributed by atoms with van der Waals surface area (Å²) in [6.07, 6.45) is -10.2. The summed E-state index contributed by atoms with van der Waals surface area (Å²) in [4.78, 5) is 12.2. The molecule has 1 unspecified atom stereocenters. The Kier molecular flexibility index (Phi) is 7.21. The van der Waals surface area contributed by atoms with Gasteiger partial charge in [0.2, 0.25) is 5.76 Å². The topological polar surface area (TPSA) is 65.0 Å². The number of carbonyl (C=O) groups excluding carboxylic acids is 1. The number of hydrogen-bond acceptors (Lipinski definition) is 5. The summed E-state index contributed by atoms with van der Waals surface area (Å²) in [5.74, 6) is -1.53. The first-order valence-electron chi connectivity index (χ1n) is 9.63. The van der Waals surface area contributed by atoms with Crippen LogP contribution in [0.25, 0.3) is 0 Å². The highest BCUT2D eigenvalue weighted by Gasteiger charge is 2.38. The lowest BCUT2D eigenvalue weighted by molar-refractivity contribution is -0.144. The van der Waals surface area contributed by atoms with Gasteiger partial charge in [-0.05, 0) is 35.4 Å². The van der Waals surface area contributed by atoms with Crippen LogP contribution in [0.15, 0.2) is 60.0 Å². The largest absolute Gasteiger partial charge is 0.485 e. The molecule has 2 aromatic carbocycles. The van der Waals surface area contributed by atoms with Crippen molar-refractivity contribution in [3.63, 3.8) is 0 Å². The van der Waals surface area contributed by atoms with E-state index in [0.717, 1.165) is 24.3 Å². The predicted molar refractivity (Wildman–Crippen MR) is 101 cm³/mol. The van der Waals surface area contributed by atoms with Crippen LogP contribution in [-0.2, 0) is 44.6 Å². The van der Waals surface area contributed by atoms with Gasteiger partial charge in [0, 0.05) is 13.0 Å². The molecule has 1 N–H and O–H groups in total. The molecule has 11 heteroatoms. The SMILES string of the molecule is O=C1OC(CCO)C(OCc2cccc(C(F)(F)F)c2)=C1OCc1cccc(C(F)(F)F)c1. The van der Waals surface area contributed by atoms with Crippen molar-refractivity contribution in [2.24, 2.45) is 0 Å². The lowest BCUT2D eigenvalue weighted by Gasteiger charge is -2.15. The van der Waals surface area contributed by atoms with Crippen LogP contribution in [0.5, 0.6) is 0 Å². The number of benzene rings is 2. The Morgan fingerprint density at radius 2 is 1.36 bits per heavy atom. The first-order chi connectivity index (χ1) is 15.5. The van der Waals surface area contributed by atoms with Crippen LogP contribution in [0.4, 0.5) is 26.3 Å². The van der Waals surface area contributed by atoms with Gasteiger partial charge in [0.05, 0.1) is 11.1 Å². The van der Waals surface area contributed by atoms with E-state index in [0.29, 0.717) is 0 Å². The Labute approximate surface area is 184 Å². The molecule has 3 rings (SSSR count). The first-order valence-corrected chi connectivity index (χ1v) is 9.63. The number of aliphatic hydroxyl groups is 1. The highest BCUT2D eigenvalue weighted by Crippen LogP contribution is 2.33. The summed E-state index contributed by atoms with van der Waals surface area (Å²) >= 11 is 0. The minimum atomic E-state index is -4.56. The second-order valence-electron chi connectivity index (χ2n) is 7.07. The number of alkyl halides is 6. The fourth-order valence-electron chi connectivity index (χ4n) is 3.07. The van der Waals surface area contributed by atoms with Gasteiger partial charge in [0.1, 0.15) is 13.2 Å². The van der Waals surface area contributed by atoms with Crippen LogP contribution in [0, 0.1) is 0 Å². The lowest BCUT2D eigenvalue weighted by atomic mass is 10.1. The zero-order valence-electron chi connectivity index (χ0n) is 16.9. The molecule has 0 spiro atoms. The first kappa shape index (κ1) is 24.4. The van der Waals surface area contributed by atoms with Crippen molar-refractivity contribution < 1.29 is 50.5 Å². The maximum atomic E-state index is 12.9. The van der Waals surface area contributed by atoms with Gasteiger partial charge >= 0.3 is 18.3 Å². The number of ether oxygens (including phenoxy) is 3. The molecule has 0 aromatic heterocycles. The van der Waals surface area contributed by atoms with Gasteiger partial charge in [-0.2, -0.15) is 26.3 Å². The van der Waals surface area contributed by atoms with Crippen LogP contribution in [0.3, 0.4) is 0 Å². The number of hydrogen-bond donors (Lipinski definition) is 1. The average Bonchev–Trinajstić information content (AvgIpc) is 3.04. The Hall–Kier alpha value is -3.21. The van der Waals surface area contributed by atoms with Gasteiger partial charge < -0.3 is 19.3 Å².